The van der Waals surface area contributed by atoms with Crippen molar-refractivity contribution in [1.82, 2.24) is 0 Å². The second-order valence-corrected chi connectivity index (χ2v) is 5.85. The minimum atomic E-state index is -0.765. The van der Waals surface area contributed by atoms with E-state index in [0.717, 1.165) is 25.7 Å². The highest BCUT2D eigenvalue weighted by atomic mass is 19.1. The third kappa shape index (κ3) is 3.33. The summed E-state index contributed by atoms with van der Waals surface area (Å²) in [6, 6.07) is 2.76. The fourth-order valence-corrected chi connectivity index (χ4v) is 2.93. The molecule has 1 aromatic carbocycles. The Hall–Kier alpha value is -1.49. The summed E-state index contributed by atoms with van der Waals surface area (Å²) in [5.74, 6) is 0.495. The number of ether oxygens (including phenoxy) is 1. The van der Waals surface area contributed by atoms with Gasteiger partial charge in [-0.05, 0) is 18.8 Å². The summed E-state index contributed by atoms with van der Waals surface area (Å²) < 4.78 is 18.9. The Kier molecular flexibility index (Phi) is 4.38. The van der Waals surface area contributed by atoms with Crippen LogP contribution in [0.4, 0.5) is 15.8 Å². The zero-order valence-corrected chi connectivity index (χ0v) is 12.1. The van der Waals surface area contributed by atoms with Crippen molar-refractivity contribution in [3.05, 3.63) is 17.9 Å². The molecule has 0 aromatic heterocycles. The van der Waals surface area contributed by atoms with Crippen LogP contribution in [0.1, 0.15) is 32.6 Å². The van der Waals surface area contributed by atoms with Crippen molar-refractivity contribution >= 4 is 11.4 Å². The summed E-state index contributed by atoms with van der Waals surface area (Å²) in [4.78, 5) is 0. The summed E-state index contributed by atoms with van der Waals surface area (Å²) in [5.41, 5.74) is 5.45. The normalized spacial score (nSPS) is 26.3. The first-order valence-electron chi connectivity index (χ1n) is 7.03. The number of methoxy groups -OCH3 is 1. The zero-order chi connectivity index (χ0) is 14.8. The molecule has 2 atom stereocenters. The third-order valence-electron chi connectivity index (χ3n) is 3.99. The molecular formula is C15H23FN2O2. The van der Waals surface area contributed by atoms with Crippen LogP contribution in [0, 0.1) is 11.7 Å². The van der Waals surface area contributed by atoms with E-state index in [9.17, 15) is 9.50 Å². The maximum atomic E-state index is 13.8. The molecule has 20 heavy (non-hydrogen) atoms. The van der Waals surface area contributed by atoms with E-state index in [0.29, 0.717) is 23.9 Å². The van der Waals surface area contributed by atoms with Crippen molar-refractivity contribution in [2.75, 3.05) is 24.7 Å². The number of aliphatic hydroxyl groups is 1. The molecule has 1 aliphatic carbocycles. The van der Waals surface area contributed by atoms with Gasteiger partial charge in [0.05, 0.1) is 24.1 Å². The van der Waals surface area contributed by atoms with Crippen LogP contribution in [-0.4, -0.2) is 24.4 Å². The molecule has 1 aromatic rings. The highest BCUT2D eigenvalue weighted by Crippen LogP contribution is 2.33. The van der Waals surface area contributed by atoms with Gasteiger partial charge in [-0.2, -0.15) is 0 Å². The number of halogens is 1. The van der Waals surface area contributed by atoms with E-state index >= 15 is 0 Å². The predicted molar refractivity (Wildman–Crippen MR) is 78.4 cm³/mol. The molecule has 0 amide bonds. The standard InChI is InChI=1S/C15H23FN2O2/c1-10-4-3-5-15(19,8-10)9-18-13-7-14(20-2)12(17)6-11(13)16/h6-7,10,18-19H,3-5,8-9,17H2,1-2H3. The lowest BCUT2D eigenvalue weighted by atomic mass is 9.79. The van der Waals surface area contributed by atoms with Gasteiger partial charge in [-0.1, -0.05) is 19.8 Å². The topological polar surface area (TPSA) is 67.5 Å². The maximum absolute atomic E-state index is 13.8. The van der Waals surface area contributed by atoms with Crippen molar-refractivity contribution in [1.29, 1.82) is 0 Å². The summed E-state index contributed by atoms with van der Waals surface area (Å²) >= 11 is 0. The number of hydrogen-bond acceptors (Lipinski definition) is 4. The number of nitrogens with two attached hydrogens (primary N) is 1. The number of hydrogen-bond donors (Lipinski definition) is 3. The lowest BCUT2D eigenvalue weighted by Gasteiger charge is -2.36. The van der Waals surface area contributed by atoms with Crippen molar-refractivity contribution in [3.8, 4) is 5.75 Å². The molecular weight excluding hydrogens is 259 g/mol. The average Bonchev–Trinajstić information content (AvgIpc) is 2.37. The fraction of sp³-hybridized carbons (Fsp3) is 0.600. The van der Waals surface area contributed by atoms with Crippen molar-refractivity contribution < 1.29 is 14.2 Å². The van der Waals surface area contributed by atoms with Crippen LogP contribution in [0.2, 0.25) is 0 Å². The van der Waals surface area contributed by atoms with Gasteiger partial charge in [-0.15, -0.1) is 0 Å². The minimum absolute atomic E-state index is 0.264. The van der Waals surface area contributed by atoms with Crippen LogP contribution >= 0.6 is 0 Å². The van der Waals surface area contributed by atoms with Crippen LogP contribution in [0.15, 0.2) is 12.1 Å². The van der Waals surface area contributed by atoms with E-state index in [2.05, 4.69) is 12.2 Å². The number of anilines is 2. The van der Waals surface area contributed by atoms with E-state index in [1.54, 1.807) is 0 Å². The summed E-state index contributed by atoms with van der Waals surface area (Å²) in [6.45, 7) is 2.47. The molecule has 0 saturated heterocycles. The first kappa shape index (κ1) is 14.9. The maximum Gasteiger partial charge on any atom is 0.148 e. The lowest BCUT2D eigenvalue weighted by Crippen LogP contribution is -2.41. The van der Waals surface area contributed by atoms with E-state index in [1.807, 2.05) is 0 Å². The van der Waals surface area contributed by atoms with Gasteiger partial charge in [0, 0.05) is 18.7 Å². The Labute approximate surface area is 119 Å². The predicted octanol–water partition coefficient (Wildman–Crippen LogP) is 2.77. The molecule has 0 aliphatic heterocycles. The fourth-order valence-electron chi connectivity index (χ4n) is 2.93. The van der Waals surface area contributed by atoms with Crippen molar-refractivity contribution in [2.24, 2.45) is 5.92 Å². The van der Waals surface area contributed by atoms with Gasteiger partial charge < -0.3 is 20.9 Å². The molecule has 5 heteroatoms. The number of nitrogens with one attached hydrogen (secondary N) is 1. The highest BCUT2D eigenvalue weighted by molar-refractivity contribution is 5.62. The van der Waals surface area contributed by atoms with Gasteiger partial charge in [-0.3, -0.25) is 0 Å². The third-order valence-corrected chi connectivity index (χ3v) is 3.99. The first-order chi connectivity index (χ1) is 9.43. The van der Waals surface area contributed by atoms with Crippen LogP contribution in [-0.2, 0) is 0 Å². The zero-order valence-electron chi connectivity index (χ0n) is 12.1. The lowest BCUT2D eigenvalue weighted by molar-refractivity contribution is -0.000805. The van der Waals surface area contributed by atoms with Gasteiger partial charge in [0.2, 0.25) is 0 Å². The summed E-state index contributed by atoms with van der Waals surface area (Å²) in [5, 5.41) is 13.5. The second kappa shape index (κ2) is 5.87. The van der Waals surface area contributed by atoms with Gasteiger partial charge in [0.1, 0.15) is 11.6 Å². The number of rotatable bonds is 4. The van der Waals surface area contributed by atoms with Crippen LogP contribution < -0.4 is 15.8 Å². The van der Waals surface area contributed by atoms with E-state index in [4.69, 9.17) is 10.5 Å². The van der Waals surface area contributed by atoms with Crippen LogP contribution in [0.3, 0.4) is 0 Å². The molecule has 1 fully saturated rings. The Morgan fingerprint density at radius 1 is 1.55 bits per heavy atom. The molecule has 1 aliphatic rings. The SMILES string of the molecule is COc1cc(NCC2(O)CCCC(C)C2)c(F)cc1N. The van der Waals surface area contributed by atoms with E-state index in [-0.39, 0.29) is 5.69 Å². The smallest absolute Gasteiger partial charge is 0.148 e. The summed E-state index contributed by atoms with van der Waals surface area (Å²) in [6.07, 6.45) is 3.64. The molecule has 0 bridgehead atoms. The largest absolute Gasteiger partial charge is 0.495 e. The monoisotopic (exact) mass is 282 g/mol. The molecule has 4 nitrogen and oxygen atoms in total. The molecule has 4 N–H and O–H groups in total. The van der Waals surface area contributed by atoms with Gasteiger partial charge in [0.25, 0.3) is 0 Å². The van der Waals surface area contributed by atoms with Crippen molar-refractivity contribution in [2.45, 2.75) is 38.2 Å². The van der Waals surface area contributed by atoms with Gasteiger partial charge in [0.15, 0.2) is 0 Å². The van der Waals surface area contributed by atoms with E-state index < -0.39 is 11.4 Å². The molecule has 1 saturated carbocycles. The minimum Gasteiger partial charge on any atom is -0.495 e. The van der Waals surface area contributed by atoms with Crippen LogP contribution in [0.25, 0.3) is 0 Å². The molecule has 0 heterocycles. The summed E-state index contributed by atoms with van der Waals surface area (Å²) in [7, 11) is 1.49. The van der Waals surface area contributed by atoms with Crippen LogP contribution in [0.5, 0.6) is 5.75 Å². The Morgan fingerprint density at radius 3 is 2.95 bits per heavy atom. The average molecular weight is 282 g/mol. The van der Waals surface area contributed by atoms with E-state index in [1.165, 1.54) is 19.2 Å². The molecule has 2 unspecified atom stereocenters. The Morgan fingerprint density at radius 2 is 2.30 bits per heavy atom. The Bertz CT molecular complexity index is 481. The quantitative estimate of drug-likeness (QED) is 0.743. The van der Waals surface area contributed by atoms with Gasteiger partial charge in [-0.25, -0.2) is 4.39 Å². The van der Waals surface area contributed by atoms with Gasteiger partial charge >= 0.3 is 0 Å². The van der Waals surface area contributed by atoms with Crippen molar-refractivity contribution in [3.63, 3.8) is 0 Å². The molecule has 2 rings (SSSR count). The number of benzene rings is 1. The molecule has 112 valence electrons. The first-order valence-corrected chi connectivity index (χ1v) is 7.03. The highest BCUT2D eigenvalue weighted by Gasteiger charge is 2.32. The Balaban J connectivity index is 2.07. The molecule has 0 radical (unpaired) electrons. The number of nitrogen functional groups attached to an aromatic ring is 1. The second-order valence-electron chi connectivity index (χ2n) is 5.85. The molecule has 0 spiro atoms.